The van der Waals surface area contributed by atoms with Gasteiger partial charge in [0, 0.05) is 31.5 Å². The van der Waals surface area contributed by atoms with Crippen LogP contribution in [0.15, 0.2) is 42.5 Å². The maximum Gasteiger partial charge on any atom is 0.274 e. The predicted molar refractivity (Wildman–Crippen MR) is 118 cm³/mol. The second-order valence-electron chi connectivity index (χ2n) is 7.61. The van der Waals surface area contributed by atoms with Crippen molar-refractivity contribution in [3.05, 3.63) is 48.0 Å². The Morgan fingerprint density at radius 2 is 1.80 bits per heavy atom. The number of piperidine rings is 1. The van der Waals surface area contributed by atoms with Crippen molar-refractivity contribution >= 4 is 27.5 Å². The minimum absolute atomic E-state index is 0.0524. The van der Waals surface area contributed by atoms with Crippen LogP contribution >= 0.6 is 11.3 Å². The van der Waals surface area contributed by atoms with E-state index in [1.165, 1.54) is 11.3 Å². The highest BCUT2D eigenvalue weighted by Gasteiger charge is 2.25. The van der Waals surface area contributed by atoms with Gasteiger partial charge in [-0.1, -0.05) is 11.3 Å². The van der Waals surface area contributed by atoms with Crippen LogP contribution in [0.3, 0.4) is 0 Å². The Bertz CT molecular complexity index is 1010. The monoisotopic (exact) mass is 426 g/mol. The molecule has 1 aliphatic rings. The Balaban J connectivity index is 1.32. The lowest BCUT2D eigenvalue weighted by atomic mass is 10.1. The molecule has 158 valence electrons. The zero-order chi connectivity index (χ0) is 21.1. The molecule has 0 saturated carbocycles. The Kier molecular flexibility index (Phi) is 6.08. The molecule has 1 fully saturated rings. The molecule has 3 aromatic rings. The van der Waals surface area contributed by atoms with Gasteiger partial charge >= 0.3 is 0 Å². The largest absolute Gasteiger partial charge is 0.497 e. The van der Waals surface area contributed by atoms with Crippen molar-refractivity contribution in [3.63, 3.8) is 0 Å². The zero-order valence-corrected chi connectivity index (χ0v) is 18.3. The zero-order valence-electron chi connectivity index (χ0n) is 17.5. The lowest BCUT2D eigenvalue weighted by molar-refractivity contribution is 0.0595. The van der Waals surface area contributed by atoms with Crippen molar-refractivity contribution in [1.82, 2.24) is 9.88 Å². The third kappa shape index (κ3) is 4.67. The molecular weight excluding hydrogens is 400 g/mol. The van der Waals surface area contributed by atoms with Crippen LogP contribution in [0, 0.1) is 0 Å². The van der Waals surface area contributed by atoms with E-state index in [0.717, 1.165) is 34.6 Å². The van der Waals surface area contributed by atoms with Crippen molar-refractivity contribution in [2.45, 2.75) is 38.9 Å². The number of carbonyl (C=O) groups excluding carboxylic acids is 1. The van der Waals surface area contributed by atoms with E-state index in [1.54, 1.807) is 7.11 Å². The molecular formula is C23H26N2O4S. The number of fused-ring (bicyclic) bond motifs is 1. The molecule has 0 unspecified atom stereocenters. The predicted octanol–water partition coefficient (Wildman–Crippen LogP) is 4.78. The number of hydrogen-bond donors (Lipinski definition) is 0. The van der Waals surface area contributed by atoms with Crippen molar-refractivity contribution in [3.8, 4) is 16.7 Å². The smallest absolute Gasteiger partial charge is 0.274 e. The minimum atomic E-state index is 0.0524. The fourth-order valence-corrected chi connectivity index (χ4v) is 4.42. The van der Waals surface area contributed by atoms with Crippen LogP contribution in [-0.4, -0.2) is 48.2 Å². The maximum atomic E-state index is 12.8. The molecule has 2 heterocycles. The van der Waals surface area contributed by atoms with E-state index in [0.29, 0.717) is 23.8 Å². The van der Waals surface area contributed by atoms with Gasteiger partial charge in [-0.15, -0.1) is 0 Å². The summed E-state index contributed by atoms with van der Waals surface area (Å²) in [5.41, 5.74) is 1.60. The molecule has 0 radical (unpaired) electrons. The van der Waals surface area contributed by atoms with E-state index in [4.69, 9.17) is 14.2 Å². The molecule has 6 nitrogen and oxygen atoms in total. The highest BCUT2D eigenvalue weighted by Crippen LogP contribution is 2.32. The number of likely N-dealkylation sites (tertiary alicyclic amines) is 1. The first kappa shape index (κ1) is 20.5. The van der Waals surface area contributed by atoms with Gasteiger partial charge in [0.2, 0.25) is 0 Å². The lowest BCUT2D eigenvalue weighted by Gasteiger charge is -2.31. The van der Waals surface area contributed by atoms with Gasteiger partial charge in [0.25, 0.3) is 11.1 Å². The summed E-state index contributed by atoms with van der Waals surface area (Å²) in [7, 11) is 1.66. The molecule has 1 aromatic heterocycles. The standard InChI is InChI=1S/C23H26N2O4S/c1-15(2)28-17-6-4-16(5-7-17)22(26)25-12-10-18(11-13-25)29-23-24-20-9-8-19(27-3)14-21(20)30-23/h4-9,14-15,18H,10-13H2,1-3H3. The van der Waals surface area contributed by atoms with Crippen LogP contribution in [0.25, 0.3) is 10.2 Å². The van der Waals surface area contributed by atoms with E-state index in [2.05, 4.69) is 4.98 Å². The van der Waals surface area contributed by atoms with E-state index in [-0.39, 0.29) is 18.1 Å². The lowest BCUT2D eigenvalue weighted by Crippen LogP contribution is -2.41. The van der Waals surface area contributed by atoms with Crippen LogP contribution in [0.2, 0.25) is 0 Å². The van der Waals surface area contributed by atoms with Gasteiger partial charge in [-0.05, 0) is 56.3 Å². The van der Waals surface area contributed by atoms with Crippen molar-refractivity contribution in [2.24, 2.45) is 0 Å². The molecule has 1 aliphatic heterocycles. The van der Waals surface area contributed by atoms with E-state index < -0.39 is 0 Å². The average molecular weight is 427 g/mol. The Labute approximate surface area is 180 Å². The van der Waals surface area contributed by atoms with Crippen molar-refractivity contribution in [2.75, 3.05) is 20.2 Å². The normalized spacial score (nSPS) is 14.9. The first-order chi connectivity index (χ1) is 14.5. The summed E-state index contributed by atoms with van der Waals surface area (Å²) in [6.45, 7) is 5.31. The summed E-state index contributed by atoms with van der Waals surface area (Å²) in [4.78, 5) is 19.2. The number of rotatable bonds is 6. The number of aromatic nitrogens is 1. The minimum Gasteiger partial charge on any atom is -0.497 e. The Morgan fingerprint density at radius 1 is 1.10 bits per heavy atom. The van der Waals surface area contributed by atoms with Crippen LogP contribution in [0.5, 0.6) is 16.7 Å². The summed E-state index contributed by atoms with van der Waals surface area (Å²) >= 11 is 1.52. The third-order valence-corrected chi connectivity index (χ3v) is 5.95. The summed E-state index contributed by atoms with van der Waals surface area (Å²) in [5.74, 6) is 1.65. The van der Waals surface area contributed by atoms with Gasteiger partial charge in [0.15, 0.2) is 0 Å². The summed E-state index contributed by atoms with van der Waals surface area (Å²) in [6, 6.07) is 13.2. The Morgan fingerprint density at radius 3 is 2.47 bits per heavy atom. The third-order valence-electron chi connectivity index (χ3n) is 5.05. The van der Waals surface area contributed by atoms with E-state index in [1.807, 2.05) is 61.2 Å². The van der Waals surface area contributed by atoms with Gasteiger partial charge in [-0.3, -0.25) is 4.79 Å². The average Bonchev–Trinajstić information content (AvgIpc) is 3.15. The van der Waals surface area contributed by atoms with Crippen LogP contribution in [-0.2, 0) is 0 Å². The molecule has 7 heteroatoms. The molecule has 0 aliphatic carbocycles. The second-order valence-corrected chi connectivity index (χ2v) is 8.61. The summed E-state index contributed by atoms with van der Waals surface area (Å²) in [6.07, 6.45) is 1.76. The van der Waals surface area contributed by atoms with E-state index >= 15 is 0 Å². The molecule has 0 spiro atoms. The van der Waals surface area contributed by atoms with Gasteiger partial charge in [-0.2, -0.15) is 0 Å². The number of hydrogen-bond acceptors (Lipinski definition) is 6. The van der Waals surface area contributed by atoms with Crippen LogP contribution in [0.1, 0.15) is 37.0 Å². The first-order valence-electron chi connectivity index (χ1n) is 10.2. The fraction of sp³-hybridized carbons (Fsp3) is 0.391. The van der Waals surface area contributed by atoms with Gasteiger partial charge in [0.05, 0.1) is 23.4 Å². The number of ether oxygens (including phenoxy) is 3. The molecule has 0 N–H and O–H groups in total. The SMILES string of the molecule is COc1ccc2nc(OC3CCN(C(=O)c4ccc(OC(C)C)cc4)CC3)sc2c1. The highest BCUT2D eigenvalue weighted by atomic mass is 32.1. The Hall–Kier alpha value is -2.80. The van der Waals surface area contributed by atoms with Gasteiger partial charge in [0.1, 0.15) is 17.6 Å². The van der Waals surface area contributed by atoms with Crippen LogP contribution in [0.4, 0.5) is 0 Å². The number of methoxy groups -OCH3 is 1. The maximum absolute atomic E-state index is 12.8. The molecule has 30 heavy (non-hydrogen) atoms. The van der Waals surface area contributed by atoms with Crippen molar-refractivity contribution < 1.29 is 19.0 Å². The van der Waals surface area contributed by atoms with Crippen molar-refractivity contribution in [1.29, 1.82) is 0 Å². The van der Waals surface area contributed by atoms with E-state index in [9.17, 15) is 4.79 Å². The van der Waals surface area contributed by atoms with Crippen LogP contribution < -0.4 is 14.2 Å². The molecule has 2 aromatic carbocycles. The molecule has 1 amide bonds. The number of carbonyl (C=O) groups is 1. The topological polar surface area (TPSA) is 60.9 Å². The molecule has 0 atom stereocenters. The van der Waals surface area contributed by atoms with Gasteiger partial charge in [-0.25, -0.2) is 4.98 Å². The van der Waals surface area contributed by atoms with Gasteiger partial charge < -0.3 is 19.1 Å². The summed E-state index contributed by atoms with van der Waals surface area (Å²) < 4.78 is 18.1. The second kappa shape index (κ2) is 8.92. The highest BCUT2D eigenvalue weighted by molar-refractivity contribution is 7.20. The molecule has 0 bridgehead atoms. The summed E-state index contributed by atoms with van der Waals surface area (Å²) in [5, 5.41) is 0.670. The first-order valence-corrected chi connectivity index (χ1v) is 11.0. The quantitative estimate of drug-likeness (QED) is 0.568. The molecule has 4 rings (SSSR count). The number of thiazole rings is 1. The fourth-order valence-electron chi connectivity index (χ4n) is 3.51. The molecule has 1 saturated heterocycles. The number of benzene rings is 2. The number of nitrogens with zero attached hydrogens (tertiary/aromatic N) is 2. The number of amides is 1.